The van der Waals surface area contributed by atoms with E-state index >= 15 is 0 Å². The van der Waals surface area contributed by atoms with Crippen LogP contribution in [0, 0.1) is 5.82 Å². The number of halogens is 1. The van der Waals surface area contributed by atoms with Crippen LogP contribution in [0.4, 0.5) is 15.9 Å². The van der Waals surface area contributed by atoms with Crippen LogP contribution in [0.2, 0.25) is 0 Å². The summed E-state index contributed by atoms with van der Waals surface area (Å²) < 4.78 is 14.0. The standard InChI is InChI=1S/C15H14FN3O3S/c1-23-10-3-5-13(12(16)6-10)19-14-11(15(21)22)4-2-9(18-14)7-17-8-20/h2-6,8H,7H2,1H3,(H,17,20)(H,18,19)(H,21,22). The average molecular weight is 335 g/mol. The van der Waals surface area contributed by atoms with Crippen molar-refractivity contribution >= 4 is 35.6 Å². The van der Waals surface area contributed by atoms with Crippen LogP contribution in [0.25, 0.3) is 0 Å². The lowest BCUT2D eigenvalue weighted by atomic mass is 10.2. The second-order valence-electron chi connectivity index (χ2n) is 4.47. The van der Waals surface area contributed by atoms with Crippen LogP contribution in [-0.2, 0) is 11.3 Å². The minimum absolute atomic E-state index is 0.0125. The van der Waals surface area contributed by atoms with Crippen LogP contribution >= 0.6 is 11.8 Å². The Labute approximate surface area is 136 Å². The van der Waals surface area contributed by atoms with E-state index in [2.05, 4.69) is 15.6 Å². The molecule has 1 aromatic carbocycles. The SMILES string of the molecule is CSc1ccc(Nc2nc(CNC=O)ccc2C(=O)O)c(F)c1. The monoisotopic (exact) mass is 335 g/mol. The van der Waals surface area contributed by atoms with Gasteiger partial charge >= 0.3 is 5.97 Å². The van der Waals surface area contributed by atoms with E-state index in [-0.39, 0.29) is 23.6 Å². The maximum atomic E-state index is 14.0. The lowest BCUT2D eigenvalue weighted by Crippen LogP contribution is -2.13. The quantitative estimate of drug-likeness (QED) is 0.532. The Morgan fingerprint density at radius 3 is 2.78 bits per heavy atom. The summed E-state index contributed by atoms with van der Waals surface area (Å²) in [5, 5.41) is 14.3. The summed E-state index contributed by atoms with van der Waals surface area (Å²) >= 11 is 1.40. The van der Waals surface area contributed by atoms with Gasteiger partial charge in [-0.1, -0.05) is 0 Å². The van der Waals surface area contributed by atoms with Crippen LogP contribution in [0.3, 0.4) is 0 Å². The van der Waals surface area contributed by atoms with Gasteiger partial charge in [-0.15, -0.1) is 11.8 Å². The van der Waals surface area contributed by atoms with Gasteiger partial charge in [-0.3, -0.25) is 4.79 Å². The van der Waals surface area contributed by atoms with Crippen molar-refractivity contribution in [3.63, 3.8) is 0 Å². The summed E-state index contributed by atoms with van der Waals surface area (Å²) in [7, 11) is 0. The third-order valence-electron chi connectivity index (χ3n) is 2.98. The number of carbonyl (C=O) groups excluding carboxylic acids is 1. The van der Waals surface area contributed by atoms with Crippen molar-refractivity contribution in [3.8, 4) is 0 Å². The summed E-state index contributed by atoms with van der Waals surface area (Å²) in [6.45, 7) is 0.145. The molecule has 0 fully saturated rings. The van der Waals surface area contributed by atoms with E-state index in [9.17, 15) is 19.1 Å². The molecule has 0 atom stereocenters. The maximum Gasteiger partial charge on any atom is 0.339 e. The van der Waals surface area contributed by atoms with Gasteiger partial charge in [0, 0.05) is 4.90 Å². The zero-order chi connectivity index (χ0) is 16.8. The van der Waals surface area contributed by atoms with E-state index in [0.29, 0.717) is 12.1 Å². The number of rotatable bonds is 7. The van der Waals surface area contributed by atoms with Gasteiger partial charge in [0.05, 0.1) is 17.9 Å². The molecule has 0 aliphatic heterocycles. The number of aromatic nitrogens is 1. The highest BCUT2D eigenvalue weighted by Gasteiger charge is 2.14. The highest BCUT2D eigenvalue weighted by Crippen LogP contribution is 2.25. The van der Waals surface area contributed by atoms with Crippen LogP contribution < -0.4 is 10.6 Å². The molecule has 3 N–H and O–H groups in total. The molecule has 0 saturated heterocycles. The fourth-order valence-electron chi connectivity index (χ4n) is 1.86. The largest absolute Gasteiger partial charge is 0.478 e. The number of pyridine rings is 1. The van der Waals surface area contributed by atoms with Crippen molar-refractivity contribution in [1.29, 1.82) is 0 Å². The summed E-state index contributed by atoms with van der Waals surface area (Å²) in [6.07, 6.45) is 2.34. The number of hydrogen-bond acceptors (Lipinski definition) is 5. The minimum atomic E-state index is -1.18. The van der Waals surface area contributed by atoms with Gasteiger partial charge in [-0.05, 0) is 36.6 Å². The summed E-state index contributed by atoms with van der Waals surface area (Å²) in [6, 6.07) is 7.43. The first-order valence-electron chi connectivity index (χ1n) is 6.56. The third-order valence-corrected chi connectivity index (χ3v) is 3.70. The molecule has 0 aliphatic rings. The Morgan fingerprint density at radius 2 is 2.17 bits per heavy atom. The number of anilines is 2. The molecule has 1 aromatic heterocycles. The lowest BCUT2D eigenvalue weighted by molar-refractivity contribution is -0.109. The molecule has 8 heteroatoms. The molecule has 0 radical (unpaired) electrons. The van der Waals surface area contributed by atoms with Crippen molar-refractivity contribution < 1.29 is 19.1 Å². The fourth-order valence-corrected chi connectivity index (χ4v) is 2.29. The number of carboxylic acids is 1. The van der Waals surface area contributed by atoms with Gasteiger partial charge in [0.25, 0.3) is 0 Å². The number of carboxylic acid groups (broad SMARTS) is 1. The first-order chi connectivity index (χ1) is 11.0. The molecule has 2 rings (SSSR count). The molecule has 0 bridgehead atoms. The Kier molecular flexibility index (Phi) is 5.53. The molecule has 1 heterocycles. The van der Waals surface area contributed by atoms with Crippen molar-refractivity contribution in [2.45, 2.75) is 11.4 Å². The van der Waals surface area contributed by atoms with Crippen molar-refractivity contribution in [2.24, 2.45) is 0 Å². The Morgan fingerprint density at radius 1 is 1.39 bits per heavy atom. The van der Waals surface area contributed by atoms with Crippen LogP contribution in [-0.4, -0.2) is 28.7 Å². The van der Waals surface area contributed by atoms with E-state index < -0.39 is 11.8 Å². The van der Waals surface area contributed by atoms with E-state index in [4.69, 9.17) is 0 Å². The van der Waals surface area contributed by atoms with E-state index in [1.54, 1.807) is 6.07 Å². The molecule has 2 aromatic rings. The molecular formula is C15H14FN3O3S. The smallest absolute Gasteiger partial charge is 0.339 e. The number of carbonyl (C=O) groups is 2. The van der Waals surface area contributed by atoms with E-state index in [1.165, 1.54) is 36.0 Å². The highest BCUT2D eigenvalue weighted by atomic mass is 32.2. The average Bonchev–Trinajstić information content (AvgIpc) is 2.54. The summed E-state index contributed by atoms with van der Waals surface area (Å²) in [5.41, 5.74) is 0.484. The zero-order valence-electron chi connectivity index (χ0n) is 12.2. The molecule has 120 valence electrons. The number of amides is 1. The molecule has 0 saturated carbocycles. The molecule has 1 amide bonds. The molecule has 6 nitrogen and oxygen atoms in total. The third kappa shape index (κ3) is 4.19. The van der Waals surface area contributed by atoms with Crippen LogP contribution in [0.1, 0.15) is 16.1 Å². The lowest BCUT2D eigenvalue weighted by Gasteiger charge is -2.12. The second kappa shape index (κ2) is 7.59. The van der Waals surface area contributed by atoms with Gasteiger partial charge < -0.3 is 15.7 Å². The van der Waals surface area contributed by atoms with Crippen molar-refractivity contribution in [3.05, 3.63) is 47.4 Å². The predicted octanol–water partition coefficient (Wildman–Crippen LogP) is 2.63. The van der Waals surface area contributed by atoms with Gasteiger partial charge in [0.2, 0.25) is 6.41 Å². The Balaban J connectivity index is 2.36. The van der Waals surface area contributed by atoms with E-state index in [1.807, 2.05) is 6.26 Å². The van der Waals surface area contributed by atoms with Gasteiger partial charge in [0.15, 0.2) is 0 Å². The maximum absolute atomic E-state index is 14.0. The first kappa shape index (κ1) is 16.8. The Bertz CT molecular complexity index is 740. The van der Waals surface area contributed by atoms with Crippen LogP contribution in [0.15, 0.2) is 35.2 Å². The molecule has 0 unspecified atom stereocenters. The second-order valence-corrected chi connectivity index (χ2v) is 5.35. The highest BCUT2D eigenvalue weighted by molar-refractivity contribution is 7.98. The first-order valence-corrected chi connectivity index (χ1v) is 7.78. The van der Waals surface area contributed by atoms with Crippen molar-refractivity contribution in [1.82, 2.24) is 10.3 Å². The number of thioether (sulfide) groups is 1. The summed E-state index contributed by atoms with van der Waals surface area (Å²) in [4.78, 5) is 26.5. The van der Waals surface area contributed by atoms with Crippen molar-refractivity contribution in [2.75, 3.05) is 11.6 Å². The topological polar surface area (TPSA) is 91.3 Å². The fraction of sp³-hybridized carbons (Fsp3) is 0.133. The summed E-state index contributed by atoms with van der Waals surface area (Å²) in [5.74, 6) is -1.68. The van der Waals surface area contributed by atoms with Gasteiger partial charge in [0.1, 0.15) is 17.2 Å². The number of benzene rings is 1. The van der Waals surface area contributed by atoms with Crippen LogP contribution in [0.5, 0.6) is 0 Å². The normalized spacial score (nSPS) is 10.2. The number of nitrogens with zero attached hydrogens (tertiary/aromatic N) is 1. The zero-order valence-corrected chi connectivity index (χ0v) is 13.0. The number of aromatic carboxylic acids is 1. The van der Waals surface area contributed by atoms with E-state index in [0.717, 1.165) is 4.90 Å². The van der Waals surface area contributed by atoms with Gasteiger partial charge in [-0.25, -0.2) is 14.2 Å². The molecule has 0 aliphatic carbocycles. The number of nitrogens with one attached hydrogen (secondary N) is 2. The number of hydrogen-bond donors (Lipinski definition) is 3. The molecule has 0 spiro atoms. The Hall–Kier alpha value is -2.61. The molecule has 23 heavy (non-hydrogen) atoms. The predicted molar refractivity (Wildman–Crippen MR) is 85.6 cm³/mol. The van der Waals surface area contributed by atoms with Gasteiger partial charge in [-0.2, -0.15) is 0 Å². The molecular weight excluding hydrogens is 321 g/mol. The minimum Gasteiger partial charge on any atom is -0.478 e.